The quantitative estimate of drug-likeness (QED) is 0.394. The van der Waals surface area contributed by atoms with Crippen molar-refractivity contribution in [3.8, 4) is 17.2 Å². The Labute approximate surface area is 193 Å². The molecule has 7 nitrogen and oxygen atoms in total. The molecule has 0 bridgehead atoms. The van der Waals surface area contributed by atoms with Gasteiger partial charge in [-0.3, -0.25) is 9.59 Å². The Morgan fingerprint density at radius 3 is 2.33 bits per heavy atom. The Kier molecular flexibility index (Phi) is 8.05. The second kappa shape index (κ2) is 11.2. The average Bonchev–Trinajstić information content (AvgIpc) is 2.80. The molecule has 0 aliphatic heterocycles. The zero-order chi connectivity index (χ0) is 23.8. The fourth-order valence-corrected chi connectivity index (χ4v) is 3.49. The number of carbonyl (C=O) groups excluding carboxylic acids is 2. The van der Waals surface area contributed by atoms with Crippen LogP contribution in [-0.4, -0.2) is 35.2 Å². The average molecular weight is 449 g/mol. The number of anilines is 1. The summed E-state index contributed by atoms with van der Waals surface area (Å²) >= 11 is 0. The van der Waals surface area contributed by atoms with Crippen LogP contribution in [-0.2, 0) is 11.2 Å². The van der Waals surface area contributed by atoms with E-state index in [0.29, 0.717) is 30.0 Å². The van der Waals surface area contributed by atoms with Crippen molar-refractivity contribution in [2.24, 2.45) is 0 Å². The van der Waals surface area contributed by atoms with Crippen molar-refractivity contribution in [1.82, 2.24) is 5.32 Å². The van der Waals surface area contributed by atoms with Crippen LogP contribution >= 0.6 is 0 Å². The van der Waals surface area contributed by atoms with Crippen molar-refractivity contribution >= 4 is 17.5 Å². The highest BCUT2D eigenvalue weighted by Crippen LogP contribution is 2.32. The maximum Gasteiger partial charge on any atom is 0.259 e. The maximum atomic E-state index is 12.6. The number of hydrogen-bond donors (Lipinski definition) is 4. The van der Waals surface area contributed by atoms with E-state index in [-0.39, 0.29) is 30.4 Å². The van der Waals surface area contributed by atoms with Gasteiger partial charge in [0.25, 0.3) is 5.91 Å². The van der Waals surface area contributed by atoms with Crippen molar-refractivity contribution in [3.05, 3.63) is 82.9 Å². The molecule has 0 saturated heterocycles. The number of amides is 2. The fourth-order valence-electron chi connectivity index (χ4n) is 3.49. The third-order valence-corrected chi connectivity index (χ3v) is 5.06. The summed E-state index contributed by atoms with van der Waals surface area (Å²) in [6, 6.07) is 17.5. The number of hydrogen-bond acceptors (Lipinski definition) is 5. The minimum absolute atomic E-state index is 0.0805. The van der Waals surface area contributed by atoms with Gasteiger partial charge in [-0.05, 0) is 67.3 Å². The van der Waals surface area contributed by atoms with Gasteiger partial charge < -0.3 is 25.6 Å². The molecule has 2 amide bonds. The first-order valence-electron chi connectivity index (χ1n) is 10.7. The second-order valence-electron chi connectivity index (χ2n) is 7.73. The molecular formula is C26H28N2O5. The first kappa shape index (κ1) is 23.8. The lowest BCUT2D eigenvalue weighted by Gasteiger charge is -2.15. The number of para-hydroxylation sites is 1. The summed E-state index contributed by atoms with van der Waals surface area (Å²) < 4.78 is 6.07. The standard InChI is InChI=1S/C26H28N2O5/c1-17-14-19(8-11-24(31)27-12-13-29)15-18(2)25(17)33-21-9-10-23(30)22(16-21)26(32)28-20-6-4-3-5-7-20/h3-7,9-10,14-16,29-30H,8,11-13H2,1-2H3,(H,27,31)(H,28,32). The van der Waals surface area contributed by atoms with Gasteiger partial charge in [-0.1, -0.05) is 30.3 Å². The number of aryl methyl sites for hydroxylation is 3. The molecule has 0 aliphatic carbocycles. The summed E-state index contributed by atoms with van der Waals surface area (Å²) in [6.07, 6.45) is 0.902. The maximum absolute atomic E-state index is 12.6. The van der Waals surface area contributed by atoms with E-state index in [1.807, 2.05) is 44.2 Å². The number of nitrogens with one attached hydrogen (secondary N) is 2. The van der Waals surface area contributed by atoms with Crippen molar-refractivity contribution in [1.29, 1.82) is 0 Å². The van der Waals surface area contributed by atoms with Gasteiger partial charge in [-0.15, -0.1) is 0 Å². The summed E-state index contributed by atoms with van der Waals surface area (Å²) in [4.78, 5) is 24.4. The van der Waals surface area contributed by atoms with Crippen molar-refractivity contribution < 1.29 is 24.5 Å². The monoisotopic (exact) mass is 448 g/mol. The van der Waals surface area contributed by atoms with Crippen LogP contribution < -0.4 is 15.4 Å². The largest absolute Gasteiger partial charge is 0.507 e. The van der Waals surface area contributed by atoms with E-state index < -0.39 is 5.91 Å². The highest BCUT2D eigenvalue weighted by atomic mass is 16.5. The summed E-state index contributed by atoms with van der Waals surface area (Å²) in [6.45, 7) is 4.01. The molecule has 0 radical (unpaired) electrons. The predicted molar refractivity (Wildman–Crippen MR) is 127 cm³/mol. The number of carbonyl (C=O) groups is 2. The van der Waals surface area contributed by atoms with Gasteiger partial charge in [0.05, 0.1) is 12.2 Å². The Hall–Kier alpha value is -3.84. The molecule has 0 spiro atoms. The van der Waals surface area contributed by atoms with Crippen LogP contribution in [0, 0.1) is 13.8 Å². The topological polar surface area (TPSA) is 108 Å². The van der Waals surface area contributed by atoms with E-state index in [4.69, 9.17) is 9.84 Å². The van der Waals surface area contributed by atoms with E-state index in [1.165, 1.54) is 12.1 Å². The Morgan fingerprint density at radius 2 is 1.67 bits per heavy atom. The van der Waals surface area contributed by atoms with Gasteiger partial charge in [-0.25, -0.2) is 0 Å². The third-order valence-electron chi connectivity index (χ3n) is 5.06. The SMILES string of the molecule is Cc1cc(CCC(=O)NCCO)cc(C)c1Oc1ccc(O)c(C(=O)Nc2ccccc2)c1. The zero-order valence-corrected chi connectivity index (χ0v) is 18.7. The van der Waals surface area contributed by atoms with Crippen LogP contribution in [0.1, 0.15) is 33.5 Å². The zero-order valence-electron chi connectivity index (χ0n) is 18.7. The van der Waals surface area contributed by atoms with E-state index in [1.54, 1.807) is 18.2 Å². The molecule has 0 aliphatic rings. The first-order valence-corrected chi connectivity index (χ1v) is 10.7. The third kappa shape index (κ3) is 6.57. The summed E-state index contributed by atoms with van der Waals surface area (Å²) in [5.74, 6) is 0.397. The molecule has 0 atom stereocenters. The molecule has 0 unspecified atom stereocenters. The Morgan fingerprint density at radius 1 is 0.970 bits per heavy atom. The minimum atomic E-state index is -0.438. The fraction of sp³-hybridized carbons (Fsp3) is 0.231. The first-order chi connectivity index (χ1) is 15.9. The number of benzene rings is 3. The van der Waals surface area contributed by atoms with Crippen LogP contribution in [0.25, 0.3) is 0 Å². The molecule has 0 fully saturated rings. The van der Waals surface area contributed by atoms with E-state index in [0.717, 1.165) is 16.7 Å². The molecule has 0 saturated carbocycles. The van der Waals surface area contributed by atoms with Crippen molar-refractivity contribution in [3.63, 3.8) is 0 Å². The summed E-state index contributed by atoms with van der Waals surface area (Å²) in [7, 11) is 0. The molecule has 0 heterocycles. The van der Waals surface area contributed by atoms with Crippen LogP contribution in [0.5, 0.6) is 17.2 Å². The summed E-state index contributed by atoms with van der Waals surface area (Å²) in [5.41, 5.74) is 3.52. The molecule has 3 aromatic carbocycles. The molecular weight excluding hydrogens is 420 g/mol. The highest BCUT2D eigenvalue weighted by molar-refractivity contribution is 6.06. The van der Waals surface area contributed by atoms with E-state index in [9.17, 15) is 14.7 Å². The molecule has 3 rings (SSSR count). The molecule has 33 heavy (non-hydrogen) atoms. The predicted octanol–water partition coefficient (Wildman–Crippen LogP) is 4.09. The summed E-state index contributed by atoms with van der Waals surface area (Å²) in [5, 5.41) is 24.4. The second-order valence-corrected chi connectivity index (χ2v) is 7.73. The van der Waals surface area contributed by atoms with Crippen LogP contribution in [0.3, 0.4) is 0 Å². The lowest BCUT2D eigenvalue weighted by Crippen LogP contribution is -2.26. The van der Waals surface area contributed by atoms with Gasteiger partial charge in [0, 0.05) is 18.7 Å². The van der Waals surface area contributed by atoms with Crippen molar-refractivity contribution in [2.75, 3.05) is 18.5 Å². The molecule has 4 N–H and O–H groups in total. The number of aromatic hydroxyl groups is 1. The van der Waals surface area contributed by atoms with Gasteiger partial charge >= 0.3 is 0 Å². The lowest BCUT2D eigenvalue weighted by molar-refractivity contribution is -0.121. The number of ether oxygens (including phenoxy) is 1. The Bertz CT molecular complexity index is 1110. The molecule has 0 aromatic heterocycles. The van der Waals surface area contributed by atoms with Crippen LogP contribution in [0.4, 0.5) is 5.69 Å². The van der Waals surface area contributed by atoms with Gasteiger partial charge in [0.2, 0.25) is 5.91 Å². The van der Waals surface area contributed by atoms with Gasteiger partial charge in [-0.2, -0.15) is 0 Å². The lowest BCUT2D eigenvalue weighted by atomic mass is 10.0. The van der Waals surface area contributed by atoms with Gasteiger partial charge in [0.15, 0.2) is 0 Å². The normalized spacial score (nSPS) is 10.5. The Balaban J connectivity index is 1.73. The molecule has 7 heteroatoms. The van der Waals surface area contributed by atoms with Crippen molar-refractivity contribution in [2.45, 2.75) is 26.7 Å². The number of rotatable bonds is 9. The van der Waals surface area contributed by atoms with E-state index >= 15 is 0 Å². The number of aliphatic hydroxyl groups excluding tert-OH is 1. The number of phenols is 1. The smallest absolute Gasteiger partial charge is 0.259 e. The van der Waals surface area contributed by atoms with E-state index in [2.05, 4.69) is 10.6 Å². The van der Waals surface area contributed by atoms with Crippen LogP contribution in [0.15, 0.2) is 60.7 Å². The number of phenolic OH excluding ortho intramolecular Hbond substituents is 1. The highest BCUT2D eigenvalue weighted by Gasteiger charge is 2.15. The van der Waals surface area contributed by atoms with Crippen LogP contribution in [0.2, 0.25) is 0 Å². The molecule has 3 aromatic rings. The molecule has 172 valence electrons. The van der Waals surface area contributed by atoms with Gasteiger partial charge in [0.1, 0.15) is 17.2 Å². The number of aliphatic hydroxyl groups is 1. The minimum Gasteiger partial charge on any atom is -0.507 e.